The Kier molecular flexibility index (Phi) is 3.74. The lowest BCUT2D eigenvalue weighted by Crippen LogP contribution is -2.07. The molecule has 0 amide bonds. The SMILES string of the molecule is Cc1cc2nc(NCCC3=CCCCC3)c3ccccc3n2n1. The Hall–Kier alpha value is -2.36. The molecule has 3 aromatic rings. The fourth-order valence-electron chi connectivity index (χ4n) is 3.38. The molecule has 4 rings (SSSR count). The Bertz CT molecular complexity index is 876. The molecular weight excluding hydrogens is 284 g/mol. The average molecular weight is 306 g/mol. The molecule has 0 radical (unpaired) electrons. The quantitative estimate of drug-likeness (QED) is 0.722. The van der Waals surface area contributed by atoms with Crippen molar-refractivity contribution in [1.82, 2.24) is 14.6 Å². The van der Waals surface area contributed by atoms with Crippen LogP contribution in [0, 0.1) is 6.92 Å². The normalized spacial score (nSPS) is 15.1. The number of anilines is 1. The van der Waals surface area contributed by atoms with Gasteiger partial charge < -0.3 is 5.32 Å². The van der Waals surface area contributed by atoms with Gasteiger partial charge in [-0.3, -0.25) is 0 Å². The van der Waals surface area contributed by atoms with Gasteiger partial charge in [-0.15, -0.1) is 0 Å². The maximum absolute atomic E-state index is 4.78. The lowest BCUT2D eigenvalue weighted by atomic mass is 9.97. The Morgan fingerprint density at radius 1 is 1.22 bits per heavy atom. The Balaban J connectivity index is 1.63. The first-order valence-electron chi connectivity index (χ1n) is 8.48. The van der Waals surface area contributed by atoms with Crippen LogP contribution in [0.3, 0.4) is 0 Å². The van der Waals surface area contributed by atoms with Crippen LogP contribution < -0.4 is 5.32 Å². The number of nitrogens with zero attached hydrogens (tertiary/aromatic N) is 3. The standard InChI is InChI=1S/C19H22N4/c1-14-13-18-21-19(20-12-11-15-7-3-2-4-8-15)16-9-5-6-10-17(16)23(18)22-14/h5-7,9-10,13H,2-4,8,11-12H2,1H3,(H,20,21). The minimum absolute atomic E-state index is 0.903. The van der Waals surface area contributed by atoms with Gasteiger partial charge in [0.1, 0.15) is 5.82 Å². The molecule has 0 bridgehead atoms. The van der Waals surface area contributed by atoms with Crippen molar-refractivity contribution in [2.24, 2.45) is 0 Å². The summed E-state index contributed by atoms with van der Waals surface area (Å²) >= 11 is 0. The van der Waals surface area contributed by atoms with Crippen LogP contribution in [0.1, 0.15) is 37.8 Å². The van der Waals surface area contributed by atoms with Gasteiger partial charge >= 0.3 is 0 Å². The van der Waals surface area contributed by atoms with E-state index in [-0.39, 0.29) is 0 Å². The molecule has 0 fully saturated rings. The van der Waals surface area contributed by atoms with Crippen LogP contribution in [0.5, 0.6) is 0 Å². The van der Waals surface area contributed by atoms with Gasteiger partial charge in [0.25, 0.3) is 0 Å². The molecule has 0 saturated carbocycles. The number of nitrogens with one attached hydrogen (secondary N) is 1. The first-order chi connectivity index (χ1) is 11.3. The van der Waals surface area contributed by atoms with Gasteiger partial charge in [-0.05, 0) is 51.2 Å². The fraction of sp³-hybridized carbons (Fsp3) is 0.368. The van der Waals surface area contributed by atoms with Crippen LogP contribution in [0.15, 0.2) is 42.0 Å². The third-order valence-electron chi connectivity index (χ3n) is 4.55. The Labute approximate surface area is 136 Å². The molecule has 1 aliphatic rings. The molecular formula is C19H22N4. The van der Waals surface area contributed by atoms with E-state index < -0.39 is 0 Å². The van der Waals surface area contributed by atoms with E-state index in [2.05, 4.69) is 40.8 Å². The number of allylic oxidation sites excluding steroid dienone is 1. The van der Waals surface area contributed by atoms with Gasteiger partial charge in [-0.1, -0.05) is 23.8 Å². The van der Waals surface area contributed by atoms with E-state index in [1.165, 1.54) is 25.7 Å². The summed E-state index contributed by atoms with van der Waals surface area (Å²) < 4.78 is 1.93. The molecule has 0 unspecified atom stereocenters. The minimum Gasteiger partial charge on any atom is -0.369 e. The maximum atomic E-state index is 4.78. The van der Waals surface area contributed by atoms with Crippen molar-refractivity contribution < 1.29 is 0 Å². The lowest BCUT2D eigenvalue weighted by molar-refractivity contribution is 0.679. The summed E-state index contributed by atoms with van der Waals surface area (Å²) in [4.78, 5) is 4.78. The number of aromatic nitrogens is 3. The molecule has 4 nitrogen and oxygen atoms in total. The van der Waals surface area contributed by atoms with Crippen molar-refractivity contribution in [3.63, 3.8) is 0 Å². The number of hydrogen-bond acceptors (Lipinski definition) is 3. The van der Waals surface area contributed by atoms with E-state index in [0.29, 0.717) is 0 Å². The van der Waals surface area contributed by atoms with E-state index in [9.17, 15) is 0 Å². The summed E-state index contributed by atoms with van der Waals surface area (Å²) in [6, 6.07) is 10.4. The summed E-state index contributed by atoms with van der Waals surface area (Å²) in [6.45, 7) is 2.94. The molecule has 0 atom stereocenters. The second-order valence-electron chi connectivity index (χ2n) is 6.32. The highest BCUT2D eigenvalue weighted by molar-refractivity contribution is 5.91. The maximum Gasteiger partial charge on any atom is 0.158 e. The van der Waals surface area contributed by atoms with Gasteiger partial charge in [0.2, 0.25) is 0 Å². The van der Waals surface area contributed by atoms with Crippen molar-refractivity contribution in [2.75, 3.05) is 11.9 Å². The van der Waals surface area contributed by atoms with E-state index >= 15 is 0 Å². The van der Waals surface area contributed by atoms with Crippen LogP contribution in [-0.4, -0.2) is 21.1 Å². The zero-order valence-electron chi connectivity index (χ0n) is 13.5. The highest BCUT2D eigenvalue weighted by atomic mass is 15.3. The zero-order chi connectivity index (χ0) is 15.6. The predicted molar refractivity (Wildman–Crippen MR) is 94.9 cm³/mol. The molecule has 118 valence electrons. The molecule has 2 heterocycles. The van der Waals surface area contributed by atoms with Gasteiger partial charge in [0.05, 0.1) is 11.2 Å². The molecule has 0 aliphatic heterocycles. The molecule has 0 saturated heterocycles. The third kappa shape index (κ3) is 2.81. The van der Waals surface area contributed by atoms with Crippen molar-refractivity contribution in [3.05, 3.63) is 47.7 Å². The second kappa shape index (κ2) is 6.03. The van der Waals surface area contributed by atoms with Crippen LogP contribution in [0.25, 0.3) is 16.6 Å². The van der Waals surface area contributed by atoms with Gasteiger partial charge in [0.15, 0.2) is 5.65 Å². The van der Waals surface area contributed by atoms with E-state index in [4.69, 9.17) is 4.98 Å². The van der Waals surface area contributed by atoms with E-state index in [1.54, 1.807) is 5.57 Å². The average Bonchev–Trinajstić information content (AvgIpc) is 2.96. The van der Waals surface area contributed by atoms with Crippen LogP contribution in [0.2, 0.25) is 0 Å². The molecule has 1 aliphatic carbocycles. The monoisotopic (exact) mass is 306 g/mol. The second-order valence-corrected chi connectivity index (χ2v) is 6.32. The van der Waals surface area contributed by atoms with E-state index in [1.807, 2.05) is 17.5 Å². The number of aryl methyl sites for hydroxylation is 1. The van der Waals surface area contributed by atoms with Gasteiger partial charge in [0, 0.05) is 18.0 Å². The van der Waals surface area contributed by atoms with Crippen LogP contribution in [-0.2, 0) is 0 Å². The van der Waals surface area contributed by atoms with Crippen LogP contribution >= 0.6 is 0 Å². The van der Waals surface area contributed by atoms with Crippen molar-refractivity contribution >= 4 is 22.4 Å². The summed E-state index contributed by atoms with van der Waals surface area (Å²) in [7, 11) is 0. The number of fused-ring (bicyclic) bond motifs is 3. The number of rotatable bonds is 4. The molecule has 1 N–H and O–H groups in total. The number of para-hydroxylation sites is 1. The highest BCUT2D eigenvalue weighted by Gasteiger charge is 2.10. The molecule has 2 aromatic heterocycles. The first-order valence-corrected chi connectivity index (χ1v) is 8.48. The molecule has 23 heavy (non-hydrogen) atoms. The topological polar surface area (TPSA) is 42.2 Å². The molecule has 4 heteroatoms. The van der Waals surface area contributed by atoms with Crippen LogP contribution in [0.4, 0.5) is 5.82 Å². The van der Waals surface area contributed by atoms with Crippen molar-refractivity contribution in [3.8, 4) is 0 Å². The zero-order valence-corrected chi connectivity index (χ0v) is 13.5. The Morgan fingerprint density at radius 2 is 2.13 bits per heavy atom. The third-order valence-corrected chi connectivity index (χ3v) is 4.55. The number of benzene rings is 1. The smallest absolute Gasteiger partial charge is 0.158 e. The number of hydrogen-bond donors (Lipinski definition) is 1. The summed E-state index contributed by atoms with van der Waals surface area (Å²) in [5.74, 6) is 0.962. The lowest BCUT2D eigenvalue weighted by Gasteiger charge is -2.14. The summed E-state index contributed by atoms with van der Waals surface area (Å²) in [6.07, 6.45) is 8.72. The van der Waals surface area contributed by atoms with Crippen molar-refractivity contribution in [2.45, 2.75) is 39.0 Å². The van der Waals surface area contributed by atoms with Gasteiger partial charge in [-0.2, -0.15) is 5.10 Å². The molecule has 0 spiro atoms. The fourth-order valence-corrected chi connectivity index (χ4v) is 3.38. The largest absolute Gasteiger partial charge is 0.369 e. The highest BCUT2D eigenvalue weighted by Crippen LogP contribution is 2.24. The van der Waals surface area contributed by atoms with E-state index in [0.717, 1.165) is 41.0 Å². The predicted octanol–water partition coefficient (Wildman–Crippen LogP) is 4.49. The Morgan fingerprint density at radius 3 is 3.00 bits per heavy atom. The molecule has 1 aromatic carbocycles. The van der Waals surface area contributed by atoms with Gasteiger partial charge in [-0.25, -0.2) is 9.50 Å². The minimum atomic E-state index is 0.903. The first kappa shape index (κ1) is 14.2. The summed E-state index contributed by atoms with van der Waals surface area (Å²) in [5, 5.41) is 9.22. The summed E-state index contributed by atoms with van der Waals surface area (Å²) in [5.41, 5.74) is 4.59. The van der Waals surface area contributed by atoms with Crippen molar-refractivity contribution in [1.29, 1.82) is 0 Å².